The molecule has 0 radical (unpaired) electrons. The largest absolute Gasteiger partial charge is 0.481 e. The molecule has 1 N–H and O–H groups in total. The highest BCUT2D eigenvalue weighted by atomic mass is 32.1. The zero-order valence-electron chi connectivity index (χ0n) is 15.5. The van der Waals surface area contributed by atoms with Crippen LogP contribution in [0.25, 0.3) is 0 Å². The molecule has 0 saturated heterocycles. The van der Waals surface area contributed by atoms with E-state index >= 15 is 0 Å². The summed E-state index contributed by atoms with van der Waals surface area (Å²) >= 11 is 1.46. The second-order valence-corrected chi connectivity index (χ2v) is 7.61. The Bertz CT molecular complexity index is 856. The molecule has 1 heterocycles. The molecular weight excluding hydrogens is 350 g/mol. The molecule has 138 valence electrons. The van der Waals surface area contributed by atoms with Gasteiger partial charge >= 0.3 is 5.97 Å². The number of methoxy groups -OCH3 is 1. The van der Waals surface area contributed by atoms with Crippen LogP contribution < -0.4 is 10.1 Å². The number of thiophene rings is 1. The number of amides is 1. The fourth-order valence-corrected chi connectivity index (χ4v) is 4.40. The first kappa shape index (κ1) is 18.5. The van der Waals surface area contributed by atoms with Gasteiger partial charge < -0.3 is 14.8 Å². The molecule has 2 aromatic rings. The summed E-state index contributed by atoms with van der Waals surface area (Å²) in [5.74, 6) is 0.00768. The summed E-state index contributed by atoms with van der Waals surface area (Å²) in [7, 11) is 1.36. The molecule has 1 aliphatic carbocycles. The average Bonchev–Trinajstić information content (AvgIpc) is 3.18. The van der Waals surface area contributed by atoms with Gasteiger partial charge in [-0.3, -0.25) is 4.79 Å². The number of hydrogen-bond donors (Lipinski definition) is 1. The zero-order valence-corrected chi connectivity index (χ0v) is 16.3. The molecule has 0 fully saturated rings. The van der Waals surface area contributed by atoms with Crippen molar-refractivity contribution in [3.8, 4) is 5.75 Å². The van der Waals surface area contributed by atoms with Crippen molar-refractivity contribution in [3.63, 3.8) is 0 Å². The van der Waals surface area contributed by atoms with E-state index in [0.29, 0.717) is 16.3 Å². The van der Waals surface area contributed by atoms with Gasteiger partial charge in [0.25, 0.3) is 5.91 Å². The first-order valence-electron chi connectivity index (χ1n) is 8.69. The van der Waals surface area contributed by atoms with Gasteiger partial charge in [-0.05, 0) is 62.8 Å². The topological polar surface area (TPSA) is 64.6 Å². The number of ether oxygens (including phenoxy) is 2. The first-order chi connectivity index (χ1) is 12.4. The number of aryl methyl sites for hydroxylation is 2. The number of esters is 1. The van der Waals surface area contributed by atoms with Gasteiger partial charge in [0, 0.05) is 4.88 Å². The number of carbonyl (C=O) groups excluding carboxylic acids is 2. The Morgan fingerprint density at radius 1 is 1.23 bits per heavy atom. The van der Waals surface area contributed by atoms with E-state index in [1.165, 1.54) is 18.4 Å². The number of fused-ring (bicyclic) bond motifs is 1. The van der Waals surface area contributed by atoms with Crippen molar-refractivity contribution in [2.45, 2.75) is 46.1 Å². The Balaban J connectivity index is 1.78. The Kier molecular flexibility index (Phi) is 5.32. The zero-order chi connectivity index (χ0) is 18.8. The number of anilines is 1. The van der Waals surface area contributed by atoms with E-state index in [1.54, 1.807) is 6.92 Å². The fraction of sp³-hybridized carbons (Fsp3) is 0.400. The molecule has 1 aliphatic rings. The van der Waals surface area contributed by atoms with E-state index in [2.05, 4.69) is 5.32 Å². The summed E-state index contributed by atoms with van der Waals surface area (Å²) in [6.45, 7) is 5.67. The lowest BCUT2D eigenvalue weighted by atomic mass is 10.1. The Morgan fingerprint density at radius 2 is 2.00 bits per heavy atom. The molecule has 26 heavy (non-hydrogen) atoms. The van der Waals surface area contributed by atoms with E-state index in [4.69, 9.17) is 9.47 Å². The van der Waals surface area contributed by atoms with E-state index in [9.17, 15) is 9.59 Å². The highest BCUT2D eigenvalue weighted by Crippen LogP contribution is 2.39. The monoisotopic (exact) mass is 373 g/mol. The number of rotatable bonds is 5. The molecule has 1 aromatic heterocycles. The number of carbonyl (C=O) groups is 2. The summed E-state index contributed by atoms with van der Waals surface area (Å²) in [6, 6.07) is 5.76. The summed E-state index contributed by atoms with van der Waals surface area (Å²) in [6.07, 6.45) is 2.14. The van der Waals surface area contributed by atoms with E-state index < -0.39 is 12.1 Å². The van der Waals surface area contributed by atoms with Gasteiger partial charge in [-0.15, -0.1) is 11.3 Å². The van der Waals surface area contributed by atoms with Crippen molar-refractivity contribution < 1.29 is 19.1 Å². The summed E-state index contributed by atoms with van der Waals surface area (Å²) in [5, 5.41) is 3.42. The van der Waals surface area contributed by atoms with Crippen molar-refractivity contribution in [3.05, 3.63) is 45.3 Å². The molecule has 3 rings (SSSR count). The summed E-state index contributed by atoms with van der Waals surface area (Å²) in [5.41, 5.74) is 3.63. The average molecular weight is 373 g/mol. The predicted octanol–water partition coefficient (Wildman–Crippen LogP) is 4.05. The smallest absolute Gasteiger partial charge is 0.341 e. The molecule has 5 nitrogen and oxygen atoms in total. The maximum absolute atomic E-state index is 12.6. The van der Waals surface area contributed by atoms with Gasteiger partial charge in [-0.25, -0.2) is 4.79 Å². The molecule has 0 unspecified atom stereocenters. The van der Waals surface area contributed by atoms with Crippen LogP contribution in [0.5, 0.6) is 5.75 Å². The molecule has 0 saturated carbocycles. The van der Waals surface area contributed by atoms with Crippen molar-refractivity contribution in [1.82, 2.24) is 0 Å². The minimum absolute atomic E-state index is 0.281. The first-order valence-corrected chi connectivity index (χ1v) is 9.50. The van der Waals surface area contributed by atoms with Crippen LogP contribution in [0.15, 0.2) is 18.2 Å². The van der Waals surface area contributed by atoms with Gasteiger partial charge in [0.05, 0.1) is 12.7 Å². The van der Waals surface area contributed by atoms with Gasteiger partial charge in [0.2, 0.25) is 0 Å². The maximum atomic E-state index is 12.6. The number of benzene rings is 1. The lowest BCUT2D eigenvalue weighted by molar-refractivity contribution is -0.122. The maximum Gasteiger partial charge on any atom is 0.341 e. The van der Waals surface area contributed by atoms with Crippen molar-refractivity contribution >= 4 is 28.2 Å². The number of hydrogen-bond acceptors (Lipinski definition) is 5. The normalized spacial score (nSPS) is 13.8. The molecule has 0 spiro atoms. The quantitative estimate of drug-likeness (QED) is 0.803. The Morgan fingerprint density at radius 3 is 2.73 bits per heavy atom. The van der Waals surface area contributed by atoms with Crippen LogP contribution in [-0.2, 0) is 22.4 Å². The molecule has 0 aliphatic heterocycles. The van der Waals surface area contributed by atoms with Crippen molar-refractivity contribution in [2.24, 2.45) is 0 Å². The van der Waals surface area contributed by atoms with Gasteiger partial charge in [0.1, 0.15) is 10.8 Å². The lowest BCUT2D eigenvalue weighted by Gasteiger charge is -2.17. The SMILES string of the molecule is COC(=O)c1c(NC(=O)[C@H](C)Oc2cccc(C)c2C)sc2c1CCC2. The van der Waals surface area contributed by atoms with E-state index in [-0.39, 0.29) is 5.91 Å². The third kappa shape index (κ3) is 3.46. The third-order valence-corrected chi connectivity index (χ3v) is 5.98. The molecule has 1 atom stereocenters. The summed E-state index contributed by atoms with van der Waals surface area (Å²) in [4.78, 5) is 26.0. The molecular formula is C20H23NO4S. The van der Waals surface area contributed by atoms with Crippen molar-refractivity contribution in [1.29, 1.82) is 0 Å². The van der Waals surface area contributed by atoms with E-state index in [1.807, 2.05) is 32.0 Å². The fourth-order valence-electron chi connectivity index (χ4n) is 3.12. The van der Waals surface area contributed by atoms with Crippen LogP contribution in [0.4, 0.5) is 5.00 Å². The molecule has 1 aromatic carbocycles. The van der Waals surface area contributed by atoms with Crippen LogP contribution in [-0.4, -0.2) is 25.1 Å². The minimum Gasteiger partial charge on any atom is -0.481 e. The van der Waals surface area contributed by atoms with Crippen LogP contribution >= 0.6 is 11.3 Å². The summed E-state index contributed by atoms with van der Waals surface area (Å²) < 4.78 is 10.8. The Labute approximate surface area is 157 Å². The third-order valence-electron chi connectivity index (χ3n) is 4.78. The molecule has 1 amide bonds. The standard InChI is InChI=1S/C20H23NO4S/c1-11-7-5-9-15(12(11)2)25-13(3)18(22)21-19-17(20(23)24-4)14-8-6-10-16(14)26-19/h5,7,9,13H,6,8,10H2,1-4H3,(H,21,22)/t13-/m0/s1. The Hall–Kier alpha value is -2.34. The van der Waals surface area contributed by atoms with Gasteiger partial charge in [-0.2, -0.15) is 0 Å². The van der Waals surface area contributed by atoms with E-state index in [0.717, 1.165) is 40.8 Å². The molecule has 0 bridgehead atoms. The van der Waals surface area contributed by atoms with Crippen molar-refractivity contribution in [2.75, 3.05) is 12.4 Å². The highest BCUT2D eigenvalue weighted by molar-refractivity contribution is 7.17. The lowest BCUT2D eigenvalue weighted by Crippen LogP contribution is -2.30. The van der Waals surface area contributed by atoms with Gasteiger partial charge in [-0.1, -0.05) is 12.1 Å². The van der Waals surface area contributed by atoms with Crippen LogP contribution in [0.1, 0.15) is 45.3 Å². The van der Waals surface area contributed by atoms with Gasteiger partial charge in [0.15, 0.2) is 6.10 Å². The molecule has 6 heteroatoms. The second kappa shape index (κ2) is 7.50. The minimum atomic E-state index is -0.682. The van der Waals surface area contributed by atoms with Crippen LogP contribution in [0, 0.1) is 13.8 Å². The highest BCUT2D eigenvalue weighted by Gasteiger charge is 2.29. The van der Waals surface area contributed by atoms with Crippen LogP contribution in [0.2, 0.25) is 0 Å². The number of nitrogens with one attached hydrogen (secondary N) is 1. The predicted molar refractivity (Wildman–Crippen MR) is 102 cm³/mol. The second-order valence-electron chi connectivity index (χ2n) is 6.50. The van der Waals surface area contributed by atoms with Crippen LogP contribution in [0.3, 0.4) is 0 Å².